The normalized spacial score (nSPS) is 17.0. The fourth-order valence-electron chi connectivity index (χ4n) is 2.04. The van der Waals surface area contributed by atoms with Crippen LogP contribution in [0.2, 0.25) is 0 Å². The van der Waals surface area contributed by atoms with Gasteiger partial charge in [-0.05, 0) is 47.5 Å². The molecule has 0 saturated carbocycles. The van der Waals surface area contributed by atoms with E-state index in [-0.39, 0.29) is 30.9 Å². The van der Waals surface area contributed by atoms with E-state index in [1.807, 2.05) is 34.6 Å². The fourth-order valence-corrected chi connectivity index (χ4v) is 2.04. The number of amides is 1. The van der Waals surface area contributed by atoms with Crippen molar-refractivity contribution in [1.29, 1.82) is 0 Å². The Morgan fingerprint density at radius 2 is 1.76 bits per heavy atom. The first-order valence-electron chi connectivity index (χ1n) is 7.46. The number of hydrogen-bond acceptors (Lipinski definition) is 5. The zero-order chi connectivity index (χ0) is 16.0. The molecule has 6 heteroatoms. The second-order valence-electron chi connectivity index (χ2n) is 6.52. The Bertz CT molecular complexity index is 354. The largest absolute Gasteiger partial charge is 0.458 e. The Kier molecular flexibility index (Phi) is 6.45. The van der Waals surface area contributed by atoms with Crippen LogP contribution in [0, 0.1) is 0 Å². The van der Waals surface area contributed by atoms with Crippen LogP contribution in [0.4, 0.5) is 4.79 Å². The van der Waals surface area contributed by atoms with Crippen LogP contribution in [0.25, 0.3) is 0 Å². The molecule has 0 spiro atoms. The van der Waals surface area contributed by atoms with E-state index in [2.05, 4.69) is 0 Å². The first-order chi connectivity index (χ1) is 9.67. The SMILES string of the molecule is CC(C)OC(=O)N1CCC(OCC(=O)OC(C)(C)C)CC1. The van der Waals surface area contributed by atoms with Gasteiger partial charge in [0.05, 0.1) is 12.2 Å². The monoisotopic (exact) mass is 301 g/mol. The number of rotatable bonds is 4. The molecule has 0 aromatic heterocycles. The van der Waals surface area contributed by atoms with E-state index in [0.717, 1.165) is 0 Å². The van der Waals surface area contributed by atoms with Crippen LogP contribution in [0.1, 0.15) is 47.5 Å². The van der Waals surface area contributed by atoms with Crippen LogP contribution in [0.5, 0.6) is 0 Å². The second-order valence-corrected chi connectivity index (χ2v) is 6.52. The van der Waals surface area contributed by atoms with Gasteiger partial charge in [-0.15, -0.1) is 0 Å². The molecular weight excluding hydrogens is 274 g/mol. The minimum absolute atomic E-state index is 0.0133. The first-order valence-corrected chi connectivity index (χ1v) is 7.46. The molecule has 1 aliphatic heterocycles. The number of likely N-dealkylation sites (tertiary alicyclic amines) is 1. The van der Waals surface area contributed by atoms with Crippen molar-refractivity contribution in [3.8, 4) is 0 Å². The summed E-state index contributed by atoms with van der Waals surface area (Å²) in [6.07, 6.45) is 1.00. The average molecular weight is 301 g/mol. The lowest BCUT2D eigenvalue weighted by Crippen LogP contribution is -2.42. The third-order valence-electron chi connectivity index (χ3n) is 2.89. The number of hydrogen-bond donors (Lipinski definition) is 0. The summed E-state index contributed by atoms with van der Waals surface area (Å²) in [4.78, 5) is 25.0. The lowest BCUT2D eigenvalue weighted by atomic mass is 10.1. The van der Waals surface area contributed by atoms with Gasteiger partial charge in [0.2, 0.25) is 0 Å². The van der Waals surface area contributed by atoms with Gasteiger partial charge in [0.25, 0.3) is 0 Å². The Labute approximate surface area is 126 Å². The maximum Gasteiger partial charge on any atom is 0.410 e. The van der Waals surface area contributed by atoms with Crippen molar-refractivity contribution in [2.45, 2.75) is 65.3 Å². The number of piperidine rings is 1. The summed E-state index contributed by atoms with van der Waals surface area (Å²) in [6, 6.07) is 0. The topological polar surface area (TPSA) is 65.1 Å². The van der Waals surface area contributed by atoms with Crippen molar-refractivity contribution < 1.29 is 23.8 Å². The van der Waals surface area contributed by atoms with Gasteiger partial charge < -0.3 is 19.1 Å². The Morgan fingerprint density at radius 1 is 1.19 bits per heavy atom. The summed E-state index contributed by atoms with van der Waals surface area (Å²) in [7, 11) is 0. The van der Waals surface area contributed by atoms with E-state index < -0.39 is 5.60 Å². The zero-order valence-corrected chi connectivity index (χ0v) is 13.7. The molecule has 1 saturated heterocycles. The summed E-state index contributed by atoms with van der Waals surface area (Å²) < 4.78 is 15.9. The molecule has 0 N–H and O–H groups in total. The molecule has 1 heterocycles. The van der Waals surface area contributed by atoms with Crippen LogP contribution in [0.3, 0.4) is 0 Å². The van der Waals surface area contributed by atoms with Gasteiger partial charge in [0, 0.05) is 13.1 Å². The summed E-state index contributed by atoms with van der Waals surface area (Å²) in [6.45, 7) is 10.3. The minimum atomic E-state index is -0.496. The number of ether oxygens (including phenoxy) is 3. The highest BCUT2D eigenvalue weighted by atomic mass is 16.6. The van der Waals surface area contributed by atoms with Crippen LogP contribution >= 0.6 is 0 Å². The standard InChI is InChI=1S/C15H27NO5/c1-11(2)20-14(18)16-8-6-12(7-9-16)19-10-13(17)21-15(3,4)5/h11-12H,6-10H2,1-5H3. The Morgan fingerprint density at radius 3 is 2.24 bits per heavy atom. The molecule has 122 valence electrons. The number of carbonyl (C=O) groups is 2. The molecule has 0 bridgehead atoms. The van der Waals surface area contributed by atoms with Crippen LogP contribution < -0.4 is 0 Å². The smallest absolute Gasteiger partial charge is 0.410 e. The molecule has 1 amide bonds. The molecule has 1 rings (SSSR count). The van der Waals surface area contributed by atoms with Crippen molar-refractivity contribution in [2.24, 2.45) is 0 Å². The van der Waals surface area contributed by atoms with E-state index in [0.29, 0.717) is 25.9 Å². The second kappa shape index (κ2) is 7.64. The molecule has 21 heavy (non-hydrogen) atoms. The predicted octanol–water partition coefficient (Wildman–Crippen LogP) is 2.35. The van der Waals surface area contributed by atoms with E-state index in [4.69, 9.17) is 14.2 Å². The molecule has 0 unspecified atom stereocenters. The fraction of sp³-hybridized carbons (Fsp3) is 0.867. The van der Waals surface area contributed by atoms with E-state index in [9.17, 15) is 9.59 Å². The van der Waals surface area contributed by atoms with Crippen molar-refractivity contribution in [3.05, 3.63) is 0 Å². The third-order valence-corrected chi connectivity index (χ3v) is 2.89. The highest BCUT2D eigenvalue weighted by Crippen LogP contribution is 2.15. The highest BCUT2D eigenvalue weighted by Gasteiger charge is 2.25. The highest BCUT2D eigenvalue weighted by molar-refractivity contribution is 5.71. The number of carbonyl (C=O) groups excluding carboxylic acids is 2. The van der Waals surface area contributed by atoms with Crippen LogP contribution in [0.15, 0.2) is 0 Å². The van der Waals surface area contributed by atoms with Gasteiger partial charge >= 0.3 is 12.1 Å². The number of nitrogens with zero attached hydrogens (tertiary/aromatic N) is 1. The van der Waals surface area contributed by atoms with E-state index >= 15 is 0 Å². The zero-order valence-electron chi connectivity index (χ0n) is 13.7. The molecule has 6 nitrogen and oxygen atoms in total. The number of esters is 1. The lowest BCUT2D eigenvalue weighted by Gasteiger charge is -2.31. The Hall–Kier alpha value is -1.30. The average Bonchev–Trinajstić information content (AvgIpc) is 2.34. The van der Waals surface area contributed by atoms with Crippen molar-refractivity contribution in [2.75, 3.05) is 19.7 Å². The summed E-state index contributed by atoms with van der Waals surface area (Å²) in [5, 5.41) is 0. The van der Waals surface area contributed by atoms with Gasteiger partial charge in [-0.3, -0.25) is 0 Å². The van der Waals surface area contributed by atoms with Gasteiger partial charge in [0.15, 0.2) is 0 Å². The predicted molar refractivity (Wildman–Crippen MR) is 78.0 cm³/mol. The molecule has 0 aromatic carbocycles. The van der Waals surface area contributed by atoms with Crippen LogP contribution in [-0.2, 0) is 19.0 Å². The minimum Gasteiger partial charge on any atom is -0.458 e. The van der Waals surface area contributed by atoms with Gasteiger partial charge in [0.1, 0.15) is 12.2 Å². The summed E-state index contributed by atoms with van der Waals surface area (Å²) in [5.74, 6) is -0.357. The molecule has 0 aliphatic carbocycles. The van der Waals surface area contributed by atoms with E-state index in [1.54, 1.807) is 4.90 Å². The molecule has 0 atom stereocenters. The lowest BCUT2D eigenvalue weighted by molar-refractivity contribution is -0.163. The first kappa shape index (κ1) is 17.8. The van der Waals surface area contributed by atoms with Gasteiger partial charge in [-0.2, -0.15) is 0 Å². The van der Waals surface area contributed by atoms with E-state index in [1.165, 1.54) is 0 Å². The summed E-state index contributed by atoms with van der Waals surface area (Å²) >= 11 is 0. The van der Waals surface area contributed by atoms with Crippen molar-refractivity contribution >= 4 is 12.1 Å². The molecular formula is C15H27NO5. The van der Waals surface area contributed by atoms with Gasteiger partial charge in [-0.25, -0.2) is 9.59 Å². The van der Waals surface area contributed by atoms with Crippen molar-refractivity contribution in [3.63, 3.8) is 0 Å². The Balaban J connectivity index is 2.25. The van der Waals surface area contributed by atoms with Crippen molar-refractivity contribution in [1.82, 2.24) is 4.90 Å². The summed E-state index contributed by atoms with van der Waals surface area (Å²) in [5.41, 5.74) is -0.496. The molecule has 1 fully saturated rings. The van der Waals surface area contributed by atoms with Gasteiger partial charge in [-0.1, -0.05) is 0 Å². The maximum absolute atomic E-state index is 11.7. The molecule has 0 radical (unpaired) electrons. The quantitative estimate of drug-likeness (QED) is 0.746. The maximum atomic E-state index is 11.7. The van der Waals surface area contributed by atoms with Crippen LogP contribution in [-0.4, -0.2) is 54.5 Å². The molecule has 1 aliphatic rings. The third kappa shape index (κ3) is 7.32. The molecule has 0 aromatic rings.